The van der Waals surface area contributed by atoms with Crippen molar-refractivity contribution in [1.29, 1.82) is 0 Å². The van der Waals surface area contributed by atoms with Crippen LogP contribution in [0.4, 0.5) is 0 Å². The van der Waals surface area contributed by atoms with E-state index in [1.807, 2.05) is 35.7 Å². The van der Waals surface area contributed by atoms with E-state index in [-0.39, 0.29) is 17.9 Å². The molecule has 1 aliphatic rings. The summed E-state index contributed by atoms with van der Waals surface area (Å²) < 4.78 is 2.02. The standard InChI is InChI=1S/C15H18N4O2/c1-10-12(19-8-4-3-5-13(19)17-10)9-16-11-6-7-14(20)18(2)15(11)21/h3-5,8,11,16H,6-7,9H2,1-2H3. The Labute approximate surface area is 122 Å². The molecule has 6 heteroatoms. The van der Waals surface area contributed by atoms with E-state index in [1.54, 1.807) is 0 Å². The Balaban J connectivity index is 1.76. The van der Waals surface area contributed by atoms with Gasteiger partial charge in [0.2, 0.25) is 11.8 Å². The highest BCUT2D eigenvalue weighted by Crippen LogP contribution is 2.15. The minimum absolute atomic E-state index is 0.107. The Kier molecular flexibility index (Phi) is 3.47. The number of aromatic nitrogens is 2. The third kappa shape index (κ3) is 2.42. The number of pyridine rings is 1. The average Bonchev–Trinajstić information content (AvgIpc) is 2.80. The lowest BCUT2D eigenvalue weighted by molar-refractivity contribution is -0.148. The Hall–Kier alpha value is -2.21. The SMILES string of the molecule is Cc1nc2ccccn2c1CNC1CCC(=O)N(C)C1=O. The van der Waals surface area contributed by atoms with Gasteiger partial charge in [0.15, 0.2) is 0 Å². The van der Waals surface area contributed by atoms with E-state index < -0.39 is 0 Å². The van der Waals surface area contributed by atoms with E-state index in [9.17, 15) is 9.59 Å². The first kappa shape index (κ1) is 13.8. The van der Waals surface area contributed by atoms with Gasteiger partial charge in [0.25, 0.3) is 0 Å². The number of likely N-dealkylation sites (N-methyl/N-ethyl adjacent to an activating group) is 1. The minimum atomic E-state index is -0.304. The molecule has 1 unspecified atom stereocenters. The predicted molar refractivity (Wildman–Crippen MR) is 77.6 cm³/mol. The fourth-order valence-electron chi connectivity index (χ4n) is 2.70. The smallest absolute Gasteiger partial charge is 0.246 e. The van der Waals surface area contributed by atoms with Crippen LogP contribution in [0.1, 0.15) is 24.2 Å². The maximum atomic E-state index is 12.1. The second kappa shape index (κ2) is 5.29. The highest BCUT2D eigenvalue weighted by molar-refractivity contribution is 6.00. The number of piperidine rings is 1. The van der Waals surface area contributed by atoms with Crippen molar-refractivity contribution in [3.63, 3.8) is 0 Å². The first-order valence-corrected chi connectivity index (χ1v) is 7.04. The number of amides is 2. The van der Waals surface area contributed by atoms with Gasteiger partial charge in [0.1, 0.15) is 5.65 Å². The molecule has 0 bridgehead atoms. The van der Waals surface area contributed by atoms with Gasteiger partial charge in [0.05, 0.1) is 17.4 Å². The molecule has 1 fully saturated rings. The van der Waals surface area contributed by atoms with Crippen LogP contribution in [0.5, 0.6) is 0 Å². The van der Waals surface area contributed by atoms with Crippen LogP contribution >= 0.6 is 0 Å². The van der Waals surface area contributed by atoms with E-state index in [2.05, 4.69) is 10.3 Å². The molecule has 3 rings (SSSR count). The van der Waals surface area contributed by atoms with Gasteiger partial charge in [-0.15, -0.1) is 0 Å². The molecule has 110 valence electrons. The molecule has 21 heavy (non-hydrogen) atoms. The zero-order valence-electron chi connectivity index (χ0n) is 12.2. The van der Waals surface area contributed by atoms with Gasteiger partial charge >= 0.3 is 0 Å². The summed E-state index contributed by atoms with van der Waals surface area (Å²) in [6.07, 6.45) is 2.93. The van der Waals surface area contributed by atoms with Crippen molar-refractivity contribution in [2.45, 2.75) is 32.4 Å². The number of hydrogen-bond donors (Lipinski definition) is 1. The largest absolute Gasteiger partial charge is 0.302 e. The van der Waals surface area contributed by atoms with Crippen molar-refractivity contribution < 1.29 is 9.59 Å². The summed E-state index contributed by atoms with van der Waals surface area (Å²) in [6.45, 7) is 2.51. The molecular weight excluding hydrogens is 268 g/mol. The zero-order chi connectivity index (χ0) is 15.0. The molecular formula is C15H18N4O2. The molecule has 0 radical (unpaired) electrons. The molecule has 0 aromatic carbocycles. The molecule has 0 saturated carbocycles. The summed E-state index contributed by atoms with van der Waals surface area (Å²) in [7, 11) is 1.54. The Bertz CT molecular complexity index is 707. The number of likely N-dealkylation sites (tertiary alicyclic amines) is 1. The summed E-state index contributed by atoms with van der Waals surface area (Å²) in [4.78, 5) is 29.2. The number of rotatable bonds is 3. The van der Waals surface area contributed by atoms with E-state index in [0.29, 0.717) is 19.4 Å². The molecule has 1 aliphatic heterocycles. The fourth-order valence-corrected chi connectivity index (χ4v) is 2.70. The Morgan fingerprint density at radius 1 is 1.38 bits per heavy atom. The number of carbonyl (C=O) groups is 2. The maximum absolute atomic E-state index is 12.1. The average molecular weight is 286 g/mol. The summed E-state index contributed by atoms with van der Waals surface area (Å²) in [5, 5.41) is 3.25. The quantitative estimate of drug-likeness (QED) is 0.851. The second-order valence-electron chi connectivity index (χ2n) is 5.34. The lowest BCUT2D eigenvalue weighted by Crippen LogP contribution is -2.51. The molecule has 3 heterocycles. The fraction of sp³-hybridized carbons (Fsp3) is 0.400. The Morgan fingerprint density at radius 2 is 2.19 bits per heavy atom. The van der Waals surface area contributed by atoms with Crippen molar-refractivity contribution in [3.8, 4) is 0 Å². The van der Waals surface area contributed by atoms with Crippen molar-refractivity contribution in [2.24, 2.45) is 0 Å². The summed E-state index contributed by atoms with van der Waals surface area (Å²) in [5.41, 5.74) is 2.88. The number of carbonyl (C=O) groups excluding carboxylic acids is 2. The second-order valence-corrected chi connectivity index (χ2v) is 5.34. The van der Waals surface area contributed by atoms with Crippen LogP contribution in [0.15, 0.2) is 24.4 Å². The molecule has 1 atom stereocenters. The number of fused-ring (bicyclic) bond motifs is 1. The molecule has 2 aromatic heterocycles. The summed E-state index contributed by atoms with van der Waals surface area (Å²) in [5.74, 6) is -0.262. The third-order valence-electron chi connectivity index (χ3n) is 3.99. The van der Waals surface area contributed by atoms with Crippen LogP contribution in [-0.4, -0.2) is 39.2 Å². The zero-order valence-corrected chi connectivity index (χ0v) is 12.2. The van der Waals surface area contributed by atoms with E-state index in [0.717, 1.165) is 17.0 Å². The molecule has 0 aliphatic carbocycles. The van der Waals surface area contributed by atoms with Crippen molar-refractivity contribution in [1.82, 2.24) is 19.6 Å². The van der Waals surface area contributed by atoms with Crippen molar-refractivity contribution in [2.75, 3.05) is 7.05 Å². The van der Waals surface area contributed by atoms with Gasteiger partial charge in [-0.2, -0.15) is 0 Å². The van der Waals surface area contributed by atoms with Crippen LogP contribution in [0.2, 0.25) is 0 Å². The first-order valence-electron chi connectivity index (χ1n) is 7.04. The van der Waals surface area contributed by atoms with Crippen LogP contribution in [0.3, 0.4) is 0 Å². The van der Waals surface area contributed by atoms with E-state index in [1.165, 1.54) is 11.9 Å². The predicted octanol–water partition coefficient (Wildman–Crippen LogP) is 0.880. The van der Waals surface area contributed by atoms with Crippen LogP contribution in [-0.2, 0) is 16.1 Å². The van der Waals surface area contributed by atoms with Crippen LogP contribution < -0.4 is 5.32 Å². The topological polar surface area (TPSA) is 66.7 Å². The number of imide groups is 1. The molecule has 6 nitrogen and oxygen atoms in total. The maximum Gasteiger partial charge on any atom is 0.246 e. The highest BCUT2D eigenvalue weighted by atomic mass is 16.2. The van der Waals surface area contributed by atoms with Crippen molar-refractivity contribution in [3.05, 3.63) is 35.8 Å². The van der Waals surface area contributed by atoms with Gasteiger partial charge in [-0.3, -0.25) is 14.5 Å². The molecule has 1 saturated heterocycles. The third-order valence-corrected chi connectivity index (χ3v) is 3.99. The van der Waals surface area contributed by atoms with E-state index >= 15 is 0 Å². The number of nitrogens with zero attached hydrogens (tertiary/aromatic N) is 3. The number of nitrogens with one attached hydrogen (secondary N) is 1. The van der Waals surface area contributed by atoms with Crippen molar-refractivity contribution >= 4 is 17.5 Å². The number of imidazole rings is 1. The normalized spacial score (nSPS) is 19.5. The monoisotopic (exact) mass is 286 g/mol. The van der Waals surface area contributed by atoms with Gasteiger partial charge in [-0.25, -0.2) is 4.98 Å². The highest BCUT2D eigenvalue weighted by Gasteiger charge is 2.31. The minimum Gasteiger partial charge on any atom is -0.302 e. The van der Waals surface area contributed by atoms with E-state index in [4.69, 9.17) is 0 Å². The van der Waals surface area contributed by atoms with Crippen LogP contribution in [0, 0.1) is 6.92 Å². The number of aryl methyl sites for hydroxylation is 1. The Morgan fingerprint density at radius 3 is 3.00 bits per heavy atom. The number of hydrogen-bond acceptors (Lipinski definition) is 4. The van der Waals surface area contributed by atoms with Gasteiger partial charge < -0.3 is 9.72 Å². The summed E-state index contributed by atoms with van der Waals surface area (Å²) >= 11 is 0. The molecule has 1 N–H and O–H groups in total. The lowest BCUT2D eigenvalue weighted by Gasteiger charge is -2.28. The van der Waals surface area contributed by atoms with Gasteiger partial charge in [0, 0.05) is 26.2 Å². The van der Waals surface area contributed by atoms with Gasteiger partial charge in [-0.1, -0.05) is 6.07 Å². The lowest BCUT2D eigenvalue weighted by atomic mass is 10.0. The van der Waals surface area contributed by atoms with Gasteiger partial charge in [-0.05, 0) is 25.5 Å². The molecule has 2 amide bonds. The first-order chi connectivity index (χ1) is 10.1. The summed E-state index contributed by atoms with van der Waals surface area (Å²) in [6, 6.07) is 5.55. The molecule has 0 spiro atoms. The van der Waals surface area contributed by atoms with Crippen LogP contribution in [0.25, 0.3) is 5.65 Å². The molecule has 2 aromatic rings.